The maximum Gasteiger partial charge on any atom is 0.270 e. The fourth-order valence-corrected chi connectivity index (χ4v) is 5.13. The van der Waals surface area contributed by atoms with Crippen molar-refractivity contribution in [2.75, 3.05) is 12.8 Å². The van der Waals surface area contributed by atoms with Crippen molar-refractivity contribution >= 4 is 38.7 Å². The van der Waals surface area contributed by atoms with E-state index < -0.39 is 4.92 Å². The van der Waals surface area contributed by atoms with Gasteiger partial charge in [-0.1, -0.05) is 42.0 Å². The number of nitrogens with zero attached hydrogens (tertiary/aromatic N) is 2. The summed E-state index contributed by atoms with van der Waals surface area (Å²) in [6.45, 7) is 2.02. The maximum atomic E-state index is 13.4. The van der Waals surface area contributed by atoms with Crippen molar-refractivity contribution < 1.29 is 14.5 Å². The molecule has 8 heteroatoms. The zero-order chi connectivity index (χ0) is 25.4. The van der Waals surface area contributed by atoms with Gasteiger partial charge in [-0.25, -0.2) is 4.98 Å². The van der Waals surface area contributed by atoms with Crippen LogP contribution in [-0.4, -0.2) is 22.8 Å². The van der Waals surface area contributed by atoms with Gasteiger partial charge in [0, 0.05) is 28.6 Å². The van der Waals surface area contributed by atoms with Crippen molar-refractivity contribution in [3.05, 3.63) is 105 Å². The van der Waals surface area contributed by atoms with Gasteiger partial charge in [0.25, 0.3) is 5.69 Å². The number of nitrogens with two attached hydrogens (primary N) is 1. The fourth-order valence-electron chi connectivity index (χ4n) is 4.05. The van der Waals surface area contributed by atoms with Gasteiger partial charge in [-0.05, 0) is 48.4 Å². The average Bonchev–Trinajstić information content (AvgIpc) is 3.24. The lowest BCUT2D eigenvalue weighted by molar-refractivity contribution is -0.384. The van der Waals surface area contributed by atoms with Crippen LogP contribution in [0.4, 0.5) is 11.4 Å². The van der Waals surface area contributed by atoms with Crippen LogP contribution in [0.5, 0.6) is 5.75 Å². The molecule has 5 aromatic rings. The number of rotatable bonds is 6. The quantitative estimate of drug-likeness (QED) is 0.160. The molecular weight excluding hydrogens is 474 g/mol. The Morgan fingerprint density at radius 2 is 1.69 bits per heavy atom. The second-order valence-corrected chi connectivity index (χ2v) is 9.31. The smallest absolute Gasteiger partial charge is 0.270 e. The lowest BCUT2D eigenvalue weighted by Crippen LogP contribution is -2.03. The van der Waals surface area contributed by atoms with Gasteiger partial charge in [-0.3, -0.25) is 14.9 Å². The Morgan fingerprint density at radius 1 is 1.00 bits per heavy atom. The summed E-state index contributed by atoms with van der Waals surface area (Å²) in [6, 6.07) is 23.3. The number of carbonyl (C=O) groups is 1. The average molecular weight is 496 g/mol. The van der Waals surface area contributed by atoms with E-state index in [1.165, 1.54) is 29.5 Å². The number of ether oxygens (including phenoxy) is 1. The Kier molecular flexibility index (Phi) is 5.95. The van der Waals surface area contributed by atoms with E-state index in [1.807, 2.05) is 61.5 Å². The highest BCUT2D eigenvalue weighted by molar-refractivity contribution is 7.21. The van der Waals surface area contributed by atoms with Crippen LogP contribution in [0.1, 0.15) is 20.8 Å². The molecule has 0 unspecified atom stereocenters. The summed E-state index contributed by atoms with van der Waals surface area (Å²) in [7, 11) is 1.61. The molecule has 0 aliphatic heterocycles. The normalized spacial score (nSPS) is 10.9. The van der Waals surface area contributed by atoms with Crippen molar-refractivity contribution in [2.24, 2.45) is 0 Å². The minimum Gasteiger partial charge on any atom is -0.497 e. The number of hydrogen-bond acceptors (Lipinski definition) is 7. The van der Waals surface area contributed by atoms with Crippen LogP contribution in [0.3, 0.4) is 0 Å². The minimum absolute atomic E-state index is 0.152. The van der Waals surface area contributed by atoms with Gasteiger partial charge in [0.15, 0.2) is 0 Å². The number of nitrogen functional groups attached to an aromatic ring is 1. The van der Waals surface area contributed by atoms with E-state index >= 15 is 0 Å². The lowest BCUT2D eigenvalue weighted by atomic mass is 9.98. The molecule has 3 aromatic carbocycles. The Balaban J connectivity index is 1.71. The highest BCUT2D eigenvalue weighted by Gasteiger charge is 2.23. The number of fused-ring (bicyclic) bond motifs is 1. The number of aryl methyl sites for hydroxylation is 1. The number of ketones is 1. The van der Waals surface area contributed by atoms with Crippen molar-refractivity contribution in [3.8, 4) is 28.1 Å². The second kappa shape index (κ2) is 9.24. The van der Waals surface area contributed by atoms with E-state index in [0.717, 1.165) is 33.7 Å². The van der Waals surface area contributed by atoms with Crippen LogP contribution < -0.4 is 10.5 Å². The van der Waals surface area contributed by atoms with Crippen LogP contribution in [-0.2, 0) is 0 Å². The third kappa shape index (κ3) is 4.18. The van der Waals surface area contributed by atoms with Gasteiger partial charge in [-0.15, -0.1) is 11.3 Å². The Labute approximate surface area is 211 Å². The summed E-state index contributed by atoms with van der Waals surface area (Å²) < 4.78 is 5.28. The molecule has 0 fully saturated rings. The Hall–Kier alpha value is -4.56. The predicted molar refractivity (Wildman–Crippen MR) is 143 cm³/mol. The summed E-state index contributed by atoms with van der Waals surface area (Å²) in [5.74, 6) is 0.365. The summed E-state index contributed by atoms with van der Waals surface area (Å²) in [5.41, 5.74) is 11.5. The number of nitro groups is 1. The highest BCUT2D eigenvalue weighted by Crippen LogP contribution is 2.42. The number of nitro benzene ring substituents is 1. The molecule has 5 rings (SSSR count). The monoisotopic (exact) mass is 495 g/mol. The third-order valence-corrected chi connectivity index (χ3v) is 7.07. The van der Waals surface area contributed by atoms with E-state index in [2.05, 4.69) is 0 Å². The first-order chi connectivity index (χ1) is 17.4. The van der Waals surface area contributed by atoms with Crippen LogP contribution in [0.15, 0.2) is 78.9 Å². The summed E-state index contributed by atoms with van der Waals surface area (Å²) in [4.78, 5) is 29.8. The number of aromatic nitrogens is 1. The molecule has 178 valence electrons. The number of non-ortho nitro benzene ring substituents is 1. The molecule has 0 radical (unpaired) electrons. The molecule has 0 spiro atoms. The third-order valence-electron chi connectivity index (χ3n) is 5.97. The molecular formula is C28H21N3O4S. The Bertz CT molecular complexity index is 1620. The minimum atomic E-state index is -0.525. The number of pyridine rings is 1. The van der Waals surface area contributed by atoms with E-state index in [0.29, 0.717) is 20.8 Å². The molecule has 36 heavy (non-hydrogen) atoms. The van der Waals surface area contributed by atoms with E-state index in [1.54, 1.807) is 13.2 Å². The van der Waals surface area contributed by atoms with Gasteiger partial charge in [0.05, 0.1) is 23.4 Å². The number of anilines is 1. The van der Waals surface area contributed by atoms with E-state index in [4.69, 9.17) is 15.5 Å². The van der Waals surface area contributed by atoms with Crippen LogP contribution in [0, 0.1) is 17.0 Å². The summed E-state index contributed by atoms with van der Waals surface area (Å²) in [5, 5.41) is 11.9. The van der Waals surface area contributed by atoms with E-state index in [9.17, 15) is 14.9 Å². The predicted octanol–water partition coefficient (Wildman–Crippen LogP) is 6.67. The second-order valence-electron chi connectivity index (χ2n) is 8.31. The number of carbonyl (C=O) groups excluding carboxylic acids is 1. The number of thiophene rings is 1. The molecule has 2 aromatic heterocycles. The highest BCUT2D eigenvalue weighted by atomic mass is 32.1. The van der Waals surface area contributed by atoms with E-state index in [-0.39, 0.29) is 17.0 Å². The number of hydrogen-bond donors (Lipinski definition) is 1. The van der Waals surface area contributed by atoms with Crippen molar-refractivity contribution in [3.63, 3.8) is 0 Å². The van der Waals surface area contributed by atoms with Crippen molar-refractivity contribution in [2.45, 2.75) is 6.92 Å². The number of methoxy groups -OCH3 is 1. The van der Waals surface area contributed by atoms with Crippen LogP contribution in [0.2, 0.25) is 0 Å². The molecule has 0 aliphatic rings. The SMILES string of the molecule is COc1ccc(-c2cc(-c3ccc(C)cc3)c3c(N)c(C(=O)c4cccc([N+](=O)[O-])c4)sc3n2)cc1. The van der Waals surface area contributed by atoms with Gasteiger partial charge in [0.1, 0.15) is 15.5 Å². The van der Waals surface area contributed by atoms with Crippen molar-refractivity contribution in [1.82, 2.24) is 4.98 Å². The summed E-state index contributed by atoms with van der Waals surface area (Å²) >= 11 is 1.19. The van der Waals surface area contributed by atoms with Gasteiger partial charge in [-0.2, -0.15) is 0 Å². The molecule has 0 saturated carbocycles. The topological polar surface area (TPSA) is 108 Å². The molecule has 0 aliphatic carbocycles. The molecule has 0 atom stereocenters. The lowest BCUT2D eigenvalue weighted by Gasteiger charge is -2.10. The van der Waals surface area contributed by atoms with Gasteiger partial charge < -0.3 is 10.5 Å². The molecule has 0 amide bonds. The molecule has 0 bridgehead atoms. The first-order valence-electron chi connectivity index (χ1n) is 11.1. The summed E-state index contributed by atoms with van der Waals surface area (Å²) in [6.07, 6.45) is 0. The first-order valence-corrected chi connectivity index (χ1v) is 11.9. The molecule has 0 saturated heterocycles. The largest absolute Gasteiger partial charge is 0.497 e. The standard InChI is InChI=1S/C28H21N3O4S/c1-16-6-8-17(9-7-16)22-15-23(18-10-12-21(35-2)13-11-18)30-28-24(22)25(29)27(36-28)26(32)19-4-3-5-20(14-19)31(33)34/h3-15H,29H2,1-2H3. The van der Waals surface area contributed by atoms with Crippen molar-refractivity contribution in [1.29, 1.82) is 0 Å². The molecule has 7 nitrogen and oxygen atoms in total. The van der Waals surface area contributed by atoms with Crippen LogP contribution >= 0.6 is 11.3 Å². The first kappa shape index (κ1) is 23.2. The van der Waals surface area contributed by atoms with Crippen LogP contribution in [0.25, 0.3) is 32.6 Å². The van der Waals surface area contributed by atoms with Gasteiger partial charge in [0.2, 0.25) is 5.78 Å². The molecule has 2 N–H and O–H groups in total. The maximum absolute atomic E-state index is 13.4. The zero-order valence-electron chi connectivity index (χ0n) is 19.5. The number of benzene rings is 3. The fraction of sp³-hybridized carbons (Fsp3) is 0.0714. The Morgan fingerprint density at radius 3 is 2.36 bits per heavy atom. The zero-order valence-corrected chi connectivity index (χ0v) is 20.3. The molecule has 2 heterocycles. The van der Waals surface area contributed by atoms with Gasteiger partial charge >= 0.3 is 0 Å².